The van der Waals surface area contributed by atoms with Crippen LogP contribution in [0.3, 0.4) is 0 Å². The van der Waals surface area contributed by atoms with Crippen LogP contribution in [0.5, 0.6) is 5.75 Å². The monoisotopic (exact) mass is 498 g/mol. The predicted octanol–water partition coefficient (Wildman–Crippen LogP) is 3.57. The van der Waals surface area contributed by atoms with Crippen molar-refractivity contribution in [2.24, 2.45) is 0 Å². The Bertz CT molecular complexity index is 1300. The maximum Gasteiger partial charge on any atom is 0.366 e. The maximum atomic E-state index is 13.0. The number of anilines is 1. The molecule has 0 bridgehead atoms. The Hall–Kier alpha value is -3.65. The molecule has 10 nitrogen and oxygen atoms in total. The summed E-state index contributed by atoms with van der Waals surface area (Å²) in [4.78, 5) is 18.5. The summed E-state index contributed by atoms with van der Waals surface area (Å²) in [6.45, 7) is 4.88. The van der Waals surface area contributed by atoms with Gasteiger partial charge < -0.3 is 29.1 Å². The van der Waals surface area contributed by atoms with Gasteiger partial charge in [0.05, 0.1) is 17.7 Å². The molecule has 0 radical (unpaired) electrons. The molecular weight excluding hydrogens is 476 g/mol. The van der Waals surface area contributed by atoms with E-state index in [2.05, 4.69) is 16.2 Å². The second kappa shape index (κ2) is 8.85. The Morgan fingerprint density at radius 1 is 1.29 bits per heavy atom. The van der Waals surface area contributed by atoms with Gasteiger partial charge in [0.1, 0.15) is 17.5 Å². The average Bonchev–Trinajstić information content (AvgIpc) is 3.25. The molecule has 0 aliphatic carbocycles. The predicted molar refractivity (Wildman–Crippen MR) is 124 cm³/mol. The van der Waals surface area contributed by atoms with Crippen molar-refractivity contribution in [1.82, 2.24) is 10.1 Å². The van der Waals surface area contributed by atoms with Gasteiger partial charge in [0.2, 0.25) is 11.7 Å². The highest BCUT2D eigenvalue weighted by Gasteiger charge is 2.58. The van der Waals surface area contributed by atoms with E-state index in [0.29, 0.717) is 27.6 Å². The van der Waals surface area contributed by atoms with Gasteiger partial charge in [-0.1, -0.05) is 16.8 Å². The third-order valence-electron chi connectivity index (χ3n) is 5.98. The van der Waals surface area contributed by atoms with Gasteiger partial charge in [-0.2, -0.15) is 10.2 Å². The molecule has 0 spiro atoms. The number of ether oxygens (including phenoxy) is 2. The number of carbonyl (C=O) groups is 1. The molecule has 11 heteroatoms. The Labute approximate surface area is 206 Å². The van der Waals surface area contributed by atoms with E-state index in [9.17, 15) is 20.3 Å². The molecule has 2 N–H and O–H groups in total. The van der Waals surface area contributed by atoms with Crippen molar-refractivity contribution < 1.29 is 29.0 Å². The van der Waals surface area contributed by atoms with Gasteiger partial charge in [0.15, 0.2) is 0 Å². The van der Waals surface area contributed by atoms with Crippen molar-refractivity contribution in [1.29, 1.82) is 5.26 Å². The fraction of sp³-hybridized carbons (Fsp3) is 0.333. The third kappa shape index (κ3) is 3.97. The minimum atomic E-state index is -2.34. The SMILES string of the molecule is COC(C(=O)O)(c1noc(C)n1)N(c1ccc(Cl)cc1)C1c2cc(C#N)ccc2OC(C)(C)C1O. The Balaban J connectivity index is 2.09. The number of carboxylic acid groups (broad SMARTS) is 1. The van der Waals surface area contributed by atoms with E-state index >= 15 is 0 Å². The first-order valence-corrected chi connectivity index (χ1v) is 11.0. The molecule has 2 heterocycles. The topological polar surface area (TPSA) is 142 Å². The van der Waals surface area contributed by atoms with Gasteiger partial charge in [0.25, 0.3) is 0 Å². The van der Waals surface area contributed by atoms with Crippen molar-refractivity contribution in [3.63, 3.8) is 0 Å². The van der Waals surface area contributed by atoms with E-state index in [0.717, 1.165) is 0 Å². The number of carboxylic acids is 1. The number of nitriles is 1. The van der Waals surface area contributed by atoms with Gasteiger partial charge in [-0.25, -0.2) is 4.79 Å². The zero-order valence-electron chi connectivity index (χ0n) is 19.4. The minimum absolute atomic E-state index is 0.124. The third-order valence-corrected chi connectivity index (χ3v) is 6.23. The zero-order chi connectivity index (χ0) is 25.5. The van der Waals surface area contributed by atoms with E-state index < -0.39 is 29.4 Å². The molecule has 3 atom stereocenters. The fourth-order valence-corrected chi connectivity index (χ4v) is 4.40. The number of methoxy groups -OCH3 is 1. The summed E-state index contributed by atoms with van der Waals surface area (Å²) in [7, 11) is 1.20. The number of aryl methyl sites for hydroxylation is 1. The van der Waals surface area contributed by atoms with Gasteiger partial charge in [-0.05, 0) is 56.3 Å². The molecule has 4 rings (SSSR count). The summed E-state index contributed by atoms with van der Waals surface area (Å²) in [5, 5.41) is 36.0. The van der Waals surface area contributed by atoms with E-state index in [1.54, 1.807) is 56.3 Å². The molecule has 35 heavy (non-hydrogen) atoms. The van der Waals surface area contributed by atoms with Crippen LogP contribution in [0.25, 0.3) is 0 Å². The summed E-state index contributed by atoms with van der Waals surface area (Å²) in [5.41, 5.74) is -2.48. The summed E-state index contributed by atoms with van der Waals surface area (Å²) in [6.07, 6.45) is -1.29. The van der Waals surface area contributed by atoms with Gasteiger partial charge in [0, 0.05) is 30.3 Å². The number of hydrogen-bond donors (Lipinski definition) is 2. The van der Waals surface area contributed by atoms with Crippen LogP contribution in [0.4, 0.5) is 5.69 Å². The van der Waals surface area contributed by atoms with Crippen LogP contribution >= 0.6 is 11.6 Å². The Morgan fingerprint density at radius 2 is 1.97 bits per heavy atom. The molecular formula is C24H23ClN4O6. The second-order valence-corrected chi connectivity index (χ2v) is 9.03. The normalized spacial score (nSPS) is 20.1. The van der Waals surface area contributed by atoms with Crippen LogP contribution in [-0.2, 0) is 15.3 Å². The number of benzene rings is 2. The standard InChI is InChI=1S/C24H23ClN4O6/c1-13-27-21(28-35-13)24(33-4,22(31)32)29(16-8-6-15(25)7-9-16)19-17-11-14(12-26)5-10-18(17)34-23(2,3)20(19)30/h5-11,19-20,30H,1-4H3,(H,31,32). The van der Waals surface area contributed by atoms with E-state index in [4.69, 9.17) is 25.6 Å². The van der Waals surface area contributed by atoms with Crippen molar-refractivity contribution >= 4 is 23.3 Å². The lowest BCUT2D eigenvalue weighted by atomic mass is 9.83. The molecule has 0 saturated carbocycles. The van der Waals surface area contributed by atoms with Crippen molar-refractivity contribution in [3.05, 3.63) is 70.3 Å². The second-order valence-electron chi connectivity index (χ2n) is 8.60. The molecule has 0 fully saturated rings. The van der Waals surface area contributed by atoms with Crippen LogP contribution in [0, 0.1) is 18.3 Å². The molecule has 3 unspecified atom stereocenters. The molecule has 1 aliphatic heterocycles. The van der Waals surface area contributed by atoms with Crippen molar-refractivity contribution in [3.8, 4) is 11.8 Å². The van der Waals surface area contributed by atoms with Gasteiger partial charge in [-0.3, -0.25) is 0 Å². The van der Waals surface area contributed by atoms with Crippen LogP contribution < -0.4 is 9.64 Å². The summed E-state index contributed by atoms with van der Waals surface area (Å²) < 4.78 is 16.8. The lowest BCUT2D eigenvalue weighted by Crippen LogP contribution is -2.62. The largest absolute Gasteiger partial charge is 0.485 e. The average molecular weight is 499 g/mol. The van der Waals surface area contributed by atoms with E-state index in [1.165, 1.54) is 18.9 Å². The molecule has 3 aromatic rings. The molecule has 0 saturated heterocycles. The number of halogens is 1. The number of hydrogen-bond acceptors (Lipinski definition) is 9. The number of aliphatic hydroxyl groups excluding tert-OH is 1. The highest BCUT2D eigenvalue weighted by Crippen LogP contribution is 2.49. The quantitative estimate of drug-likeness (QED) is 0.484. The Kier molecular flexibility index (Phi) is 6.19. The molecule has 0 amide bonds. The van der Waals surface area contributed by atoms with E-state index in [1.807, 2.05) is 0 Å². The van der Waals surface area contributed by atoms with Crippen LogP contribution in [-0.4, -0.2) is 45.1 Å². The number of aliphatic hydroxyl groups is 1. The highest BCUT2D eigenvalue weighted by molar-refractivity contribution is 6.30. The van der Waals surface area contributed by atoms with Gasteiger partial charge in [-0.15, -0.1) is 0 Å². The smallest absolute Gasteiger partial charge is 0.366 e. The first-order valence-electron chi connectivity index (χ1n) is 10.6. The zero-order valence-corrected chi connectivity index (χ0v) is 20.1. The summed E-state index contributed by atoms with van der Waals surface area (Å²) >= 11 is 6.12. The highest BCUT2D eigenvalue weighted by atomic mass is 35.5. The number of rotatable bonds is 6. The van der Waals surface area contributed by atoms with Crippen molar-refractivity contribution in [2.45, 2.75) is 44.2 Å². The molecule has 182 valence electrons. The Morgan fingerprint density at radius 3 is 2.51 bits per heavy atom. The lowest BCUT2D eigenvalue weighted by Gasteiger charge is -2.51. The summed E-state index contributed by atoms with van der Waals surface area (Å²) in [5.74, 6) is -1.23. The van der Waals surface area contributed by atoms with Crippen LogP contribution in [0.15, 0.2) is 47.0 Å². The number of aromatic nitrogens is 2. The first kappa shape index (κ1) is 24.5. The number of aliphatic carboxylic acids is 1. The minimum Gasteiger partial charge on any atom is -0.485 e. The summed E-state index contributed by atoms with van der Waals surface area (Å²) in [6, 6.07) is 12.1. The molecule has 1 aliphatic rings. The maximum absolute atomic E-state index is 13.0. The van der Waals surface area contributed by atoms with Crippen LogP contribution in [0.1, 0.15) is 42.7 Å². The first-order chi connectivity index (χ1) is 16.5. The van der Waals surface area contributed by atoms with Gasteiger partial charge >= 0.3 is 11.7 Å². The fourth-order valence-electron chi connectivity index (χ4n) is 4.28. The van der Waals surface area contributed by atoms with Crippen LogP contribution in [0.2, 0.25) is 5.02 Å². The number of fused-ring (bicyclic) bond motifs is 1. The molecule has 1 aromatic heterocycles. The number of nitrogens with zero attached hydrogens (tertiary/aromatic N) is 4. The lowest BCUT2D eigenvalue weighted by molar-refractivity contribution is -0.169. The molecule has 2 aromatic carbocycles. The van der Waals surface area contributed by atoms with Crippen molar-refractivity contribution in [2.75, 3.05) is 12.0 Å². The van der Waals surface area contributed by atoms with E-state index in [-0.39, 0.29) is 11.7 Å².